The van der Waals surface area contributed by atoms with Crippen LogP contribution in [-0.2, 0) is 6.54 Å². The first-order valence-electron chi connectivity index (χ1n) is 5.77. The highest BCUT2D eigenvalue weighted by atomic mass is 19.1. The van der Waals surface area contributed by atoms with Crippen molar-refractivity contribution in [1.29, 1.82) is 5.26 Å². The molecule has 0 aliphatic heterocycles. The smallest absolute Gasteiger partial charge is 0.269 e. The van der Waals surface area contributed by atoms with E-state index in [0.717, 1.165) is 11.6 Å². The third kappa shape index (κ3) is 3.09. The van der Waals surface area contributed by atoms with Crippen LogP contribution in [-0.4, -0.2) is 4.92 Å². The van der Waals surface area contributed by atoms with Crippen molar-refractivity contribution in [2.24, 2.45) is 0 Å². The lowest BCUT2D eigenvalue weighted by molar-refractivity contribution is -0.384. The Hall–Kier alpha value is -2.94. The number of rotatable bonds is 4. The van der Waals surface area contributed by atoms with E-state index in [0.29, 0.717) is 12.2 Å². The molecule has 0 atom stereocenters. The molecule has 100 valence electrons. The van der Waals surface area contributed by atoms with Gasteiger partial charge in [0.25, 0.3) is 5.69 Å². The molecule has 0 aromatic heterocycles. The molecular weight excluding hydrogens is 261 g/mol. The summed E-state index contributed by atoms with van der Waals surface area (Å²) in [4.78, 5) is 10.1. The molecule has 0 aliphatic carbocycles. The normalized spacial score (nSPS) is 9.80. The molecule has 5 nitrogen and oxygen atoms in total. The molecule has 2 aromatic rings. The average molecular weight is 271 g/mol. The molecule has 0 radical (unpaired) electrons. The van der Waals surface area contributed by atoms with Crippen molar-refractivity contribution in [2.75, 3.05) is 5.32 Å². The van der Waals surface area contributed by atoms with Gasteiger partial charge in [-0.3, -0.25) is 10.1 Å². The maximum absolute atomic E-state index is 13.0. The van der Waals surface area contributed by atoms with Crippen LogP contribution >= 0.6 is 0 Å². The molecule has 0 unspecified atom stereocenters. The molecule has 0 saturated heterocycles. The SMILES string of the molecule is N#Cc1cc(F)ccc1NCc1ccc([N+](=O)[O-])cc1. The van der Waals surface area contributed by atoms with Gasteiger partial charge in [0.05, 0.1) is 16.2 Å². The number of anilines is 1. The summed E-state index contributed by atoms with van der Waals surface area (Å²) in [5, 5.41) is 22.4. The maximum Gasteiger partial charge on any atom is 0.269 e. The third-order valence-corrected chi connectivity index (χ3v) is 2.73. The number of hydrogen-bond acceptors (Lipinski definition) is 4. The van der Waals surface area contributed by atoms with Crippen LogP contribution in [0.5, 0.6) is 0 Å². The van der Waals surface area contributed by atoms with Crippen molar-refractivity contribution in [2.45, 2.75) is 6.54 Å². The number of nitriles is 1. The molecule has 1 N–H and O–H groups in total. The van der Waals surface area contributed by atoms with Gasteiger partial charge in [0.2, 0.25) is 0 Å². The number of nitrogens with zero attached hydrogens (tertiary/aromatic N) is 2. The number of nitro groups is 1. The average Bonchev–Trinajstić information content (AvgIpc) is 2.46. The Morgan fingerprint density at radius 1 is 1.25 bits per heavy atom. The minimum Gasteiger partial charge on any atom is -0.380 e. The van der Waals surface area contributed by atoms with Crippen LogP contribution in [0.25, 0.3) is 0 Å². The minimum absolute atomic E-state index is 0.0215. The fourth-order valence-electron chi connectivity index (χ4n) is 1.70. The Morgan fingerprint density at radius 2 is 1.95 bits per heavy atom. The predicted octanol–water partition coefficient (Wildman–Crippen LogP) is 3.22. The summed E-state index contributed by atoms with van der Waals surface area (Å²) in [6, 6.07) is 11.9. The number of halogens is 1. The van der Waals surface area contributed by atoms with Crippen molar-refractivity contribution < 1.29 is 9.31 Å². The fraction of sp³-hybridized carbons (Fsp3) is 0.0714. The van der Waals surface area contributed by atoms with Crippen molar-refractivity contribution in [3.05, 3.63) is 69.5 Å². The zero-order valence-corrected chi connectivity index (χ0v) is 10.3. The second-order valence-electron chi connectivity index (χ2n) is 4.08. The van der Waals surface area contributed by atoms with Crippen LogP contribution in [0.15, 0.2) is 42.5 Å². The second-order valence-corrected chi connectivity index (χ2v) is 4.08. The standard InChI is InChI=1S/C14H10FN3O2/c15-12-3-6-14(11(7-12)8-16)17-9-10-1-4-13(5-2-10)18(19)20/h1-7,17H,9H2. The molecule has 0 bridgehead atoms. The topological polar surface area (TPSA) is 79.0 Å². The van der Waals surface area contributed by atoms with Crippen molar-refractivity contribution in [3.8, 4) is 6.07 Å². The van der Waals surface area contributed by atoms with Gasteiger partial charge in [0.15, 0.2) is 0 Å². The zero-order chi connectivity index (χ0) is 14.5. The van der Waals surface area contributed by atoms with Crippen LogP contribution in [0.2, 0.25) is 0 Å². The molecule has 0 heterocycles. The number of nitro benzene ring substituents is 1. The first kappa shape index (κ1) is 13.5. The van der Waals surface area contributed by atoms with Gasteiger partial charge in [-0.25, -0.2) is 4.39 Å². The molecule has 0 saturated carbocycles. The molecule has 2 aromatic carbocycles. The highest BCUT2D eigenvalue weighted by molar-refractivity contribution is 5.57. The van der Waals surface area contributed by atoms with Gasteiger partial charge in [-0.05, 0) is 23.8 Å². The van der Waals surface area contributed by atoms with Crippen molar-refractivity contribution in [3.63, 3.8) is 0 Å². The van der Waals surface area contributed by atoms with Gasteiger partial charge in [-0.15, -0.1) is 0 Å². The van der Waals surface area contributed by atoms with Gasteiger partial charge in [-0.2, -0.15) is 5.26 Å². The minimum atomic E-state index is -0.470. The first-order chi connectivity index (χ1) is 9.60. The van der Waals surface area contributed by atoms with Crippen LogP contribution in [0, 0.1) is 27.3 Å². The van der Waals surface area contributed by atoms with Crippen molar-refractivity contribution >= 4 is 11.4 Å². The predicted molar refractivity (Wildman–Crippen MR) is 71.5 cm³/mol. The second kappa shape index (κ2) is 5.80. The van der Waals surface area contributed by atoms with E-state index in [1.54, 1.807) is 12.1 Å². The van der Waals surface area contributed by atoms with Crippen molar-refractivity contribution in [1.82, 2.24) is 0 Å². The highest BCUT2D eigenvalue weighted by Crippen LogP contribution is 2.18. The number of hydrogen-bond donors (Lipinski definition) is 1. The monoisotopic (exact) mass is 271 g/mol. The lowest BCUT2D eigenvalue weighted by Crippen LogP contribution is -2.01. The van der Waals surface area contributed by atoms with E-state index in [-0.39, 0.29) is 11.3 Å². The van der Waals surface area contributed by atoms with E-state index in [2.05, 4.69) is 5.32 Å². The Balaban J connectivity index is 2.09. The van der Waals surface area contributed by atoms with Gasteiger partial charge in [0, 0.05) is 18.7 Å². The van der Waals surface area contributed by atoms with Gasteiger partial charge >= 0.3 is 0 Å². The largest absolute Gasteiger partial charge is 0.380 e. The Morgan fingerprint density at radius 3 is 2.55 bits per heavy atom. The summed E-state index contributed by atoms with van der Waals surface area (Å²) < 4.78 is 13.0. The fourth-order valence-corrected chi connectivity index (χ4v) is 1.70. The van der Waals surface area contributed by atoms with E-state index in [4.69, 9.17) is 5.26 Å². The maximum atomic E-state index is 13.0. The molecule has 2 rings (SSSR count). The number of benzene rings is 2. The van der Waals surface area contributed by atoms with Crippen LogP contribution in [0.4, 0.5) is 15.8 Å². The quantitative estimate of drug-likeness (QED) is 0.684. The third-order valence-electron chi connectivity index (χ3n) is 2.73. The summed E-state index contributed by atoms with van der Waals surface area (Å²) in [6.07, 6.45) is 0. The van der Waals surface area contributed by atoms with Gasteiger partial charge in [-0.1, -0.05) is 12.1 Å². The van der Waals surface area contributed by atoms with Gasteiger partial charge in [0.1, 0.15) is 11.9 Å². The van der Waals surface area contributed by atoms with E-state index in [9.17, 15) is 14.5 Å². The summed E-state index contributed by atoms with van der Waals surface area (Å²) in [7, 11) is 0. The highest BCUT2D eigenvalue weighted by Gasteiger charge is 2.06. The molecule has 0 fully saturated rings. The first-order valence-corrected chi connectivity index (χ1v) is 5.77. The summed E-state index contributed by atoms with van der Waals surface area (Å²) in [5.41, 5.74) is 1.58. The molecule has 0 aliphatic rings. The lowest BCUT2D eigenvalue weighted by Gasteiger charge is -2.08. The van der Waals surface area contributed by atoms with Crippen LogP contribution in [0.1, 0.15) is 11.1 Å². The van der Waals surface area contributed by atoms with E-state index >= 15 is 0 Å². The molecular formula is C14H10FN3O2. The lowest BCUT2D eigenvalue weighted by atomic mass is 10.1. The molecule has 6 heteroatoms. The molecule has 0 amide bonds. The van der Waals surface area contributed by atoms with Crippen LogP contribution < -0.4 is 5.32 Å². The van der Waals surface area contributed by atoms with E-state index in [1.807, 2.05) is 6.07 Å². The summed E-state index contributed by atoms with van der Waals surface area (Å²) >= 11 is 0. The van der Waals surface area contributed by atoms with Gasteiger partial charge < -0.3 is 5.32 Å². The number of non-ortho nitro benzene ring substituents is 1. The van der Waals surface area contributed by atoms with Crippen LogP contribution in [0.3, 0.4) is 0 Å². The van der Waals surface area contributed by atoms with E-state index in [1.165, 1.54) is 24.3 Å². The Kier molecular flexibility index (Phi) is 3.91. The Labute approximate surface area is 114 Å². The Bertz CT molecular complexity index is 678. The van der Waals surface area contributed by atoms with E-state index < -0.39 is 10.7 Å². The zero-order valence-electron chi connectivity index (χ0n) is 10.3. The number of nitrogens with one attached hydrogen (secondary N) is 1. The molecule has 0 spiro atoms. The molecule has 20 heavy (non-hydrogen) atoms. The summed E-state index contributed by atoms with van der Waals surface area (Å²) in [6.45, 7) is 0.387. The summed E-state index contributed by atoms with van der Waals surface area (Å²) in [5.74, 6) is -0.470.